The van der Waals surface area contributed by atoms with E-state index in [9.17, 15) is 4.79 Å². The van der Waals surface area contributed by atoms with E-state index >= 15 is 0 Å². The molecule has 2 rings (SSSR count). The number of carbonyl (C=O) groups excluding carboxylic acids is 1. The fraction of sp³-hybridized carbons (Fsp3) is 0.222. The maximum Gasteiger partial charge on any atom is 0.427 e. The van der Waals surface area contributed by atoms with Crippen molar-refractivity contribution < 1.29 is 9.53 Å². The molecule has 2 aromatic carbocycles. The summed E-state index contributed by atoms with van der Waals surface area (Å²) in [6, 6.07) is 17.9. The van der Waals surface area contributed by atoms with Crippen molar-refractivity contribution in [3.05, 3.63) is 71.3 Å². The Morgan fingerprint density at radius 1 is 1.13 bits per heavy atom. The molecular weight excluding hydrogens is 308 g/mol. The molecule has 0 aliphatic carbocycles. The van der Waals surface area contributed by atoms with E-state index in [0.717, 1.165) is 22.6 Å². The first kappa shape index (κ1) is 17.1. The first-order valence-corrected chi connectivity index (χ1v) is 8.78. The second-order valence-electron chi connectivity index (χ2n) is 4.75. The molecule has 1 N–H and O–H groups in total. The number of hydrazone groups is 1. The number of thioether (sulfide) groups is 1. The molecule has 0 unspecified atom stereocenters. The quantitative estimate of drug-likeness (QED) is 0.643. The number of hydrogen-bond donors (Lipinski definition) is 1. The van der Waals surface area contributed by atoms with Crippen molar-refractivity contribution in [1.82, 2.24) is 5.43 Å². The van der Waals surface area contributed by atoms with Gasteiger partial charge in [0.2, 0.25) is 0 Å². The van der Waals surface area contributed by atoms with Crippen molar-refractivity contribution in [2.24, 2.45) is 5.10 Å². The van der Waals surface area contributed by atoms with Gasteiger partial charge in [0.05, 0.1) is 12.3 Å². The van der Waals surface area contributed by atoms with E-state index in [1.165, 1.54) is 5.56 Å². The van der Waals surface area contributed by atoms with Crippen molar-refractivity contribution >= 4 is 23.6 Å². The minimum Gasteiger partial charge on any atom is -0.449 e. The summed E-state index contributed by atoms with van der Waals surface area (Å²) in [5.41, 5.74) is 6.32. The van der Waals surface area contributed by atoms with Crippen LogP contribution in [0.25, 0.3) is 0 Å². The monoisotopic (exact) mass is 328 g/mol. The van der Waals surface area contributed by atoms with Crippen molar-refractivity contribution in [2.75, 3.05) is 12.9 Å². The average molecular weight is 328 g/mol. The van der Waals surface area contributed by atoms with E-state index in [1.807, 2.05) is 48.5 Å². The molecule has 0 aliphatic heterocycles. The van der Waals surface area contributed by atoms with Gasteiger partial charge in [0.1, 0.15) is 0 Å². The molecule has 23 heavy (non-hydrogen) atoms. The molecule has 120 valence electrons. The van der Waals surface area contributed by atoms with E-state index in [4.69, 9.17) is 4.74 Å². The predicted molar refractivity (Wildman–Crippen MR) is 95.9 cm³/mol. The minimum atomic E-state index is -0.553. The highest BCUT2D eigenvalue weighted by molar-refractivity contribution is 7.97. The molecule has 0 bridgehead atoms. The van der Waals surface area contributed by atoms with Crippen LogP contribution in [0.1, 0.15) is 23.6 Å². The van der Waals surface area contributed by atoms with Crippen molar-refractivity contribution in [3.63, 3.8) is 0 Å². The maximum atomic E-state index is 11.6. The molecule has 0 heterocycles. The molecule has 0 saturated carbocycles. The third kappa shape index (κ3) is 4.86. The zero-order chi connectivity index (χ0) is 16.5. The van der Waals surface area contributed by atoms with Crippen LogP contribution in [0, 0.1) is 0 Å². The van der Waals surface area contributed by atoms with Crippen molar-refractivity contribution in [3.8, 4) is 0 Å². The zero-order valence-corrected chi connectivity index (χ0v) is 14.1. The molecule has 0 aliphatic rings. The van der Waals surface area contributed by atoms with Crippen LogP contribution in [0.3, 0.4) is 0 Å². The van der Waals surface area contributed by atoms with E-state index in [-0.39, 0.29) is 0 Å². The molecule has 5 heteroatoms. The average Bonchev–Trinajstić information content (AvgIpc) is 2.58. The van der Waals surface area contributed by atoms with Crippen LogP contribution in [-0.4, -0.2) is 24.7 Å². The molecule has 0 saturated heterocycles. The number of nitrogens with one attached hydrogen (secondary N) is 1. The van der Waals surface area contributed by atoms with Crippen LogP contribution in [-0.2, 0) is 10.5 Å². The lowest BCUT2D eigenvalue weighted by atomic mass is 9.98. The van der Waals surface area contributed by atoms with Crippen LogP contribution in [0.5, 0.6) is 0 Å². The summed E-state index contributed by atoms with van der Waals surface area (Å²) >= 11 is 1.75. The molecule has 0 aromatic heterocycles. The van der Waals surface area contributed by atoms with Gasteiger partial charge in [0.25, 0.3) is 0 Å². The number of rotatable bonds is 6. The Morgan fingerprint density at radius 3 is 2.52 bits per heavy atom. The number of amides is 1. The molecule has 1 amide bonds. The fourth-order valence-corrected chi connectivity index (χ4v) is 2.74. The zero-order valence-electron chi connectivity index (χ0n) is 13.3. The van der Waals surface area contributed by atoms with E-state index in [0.29, 0.717) is 6.61 Å². The molecule has 0 radical (unpaired) electrons. The largest absolute Gasteiger partial charge is 0.449 e. The fourth-order valence-electron chi connectivity index (χ4n) is 2.17. The summed E-state index contributed by atoms with van der Waals surface area (Å²) in [6.07, 6.45) is 1.51. The first-order valence-electron chi connectivity index (χ1n) is 7.39. The Bertz CT molecular complexity index is 672. The highest BCUT2D eigenvalue weighted by Crippen LogP contribution is 2.19. The SMILES string of the molecule is CCOC(=O)NN=C(c1ccccc1)c1ccccc1CSC. The summed E-state index contributed by atoms with van der Waals surface area (Å²) in [6.45, 7) is 2.07. The van der Waals surface area contributed by atoms with E-state index < -0.39 is 6.09 Å². The van der Waals surface area contributed by atoms with Gasteiger partial charge in [-0.25, -0.2) is 10.2 Å². The van der Waals surface area contributed by atoms with Gasteiger partial charge in [-0.2, -0.15) is 16.9 Å². The van der Waals surface area contributed by atoms with Gasteiger partial charge in [-0.1, -0.05) is 54.6 Å². The Balaban J connectivity index is 2.42. The van der Waals surface area contributed by atoms with Gasteiger partial charge >= 0.3 is 6.09 Å². The first-order chi connectivity index (χ1) is 11.3. The van der Waals surface area contributed by atoms with E-state index in [2.05, 4.69) is 22.8 Å². The van der Waals surface area contributed by atoms with Gasteiger partial charge in [-0.15, -0.1) is 0 Å². The second kappa shape index (κ2) is 9.00. The standard InChI is InChI=1S/C18H20N2O2S/c1-3-22-18(21)20-19-17(14-9-5-4-6-10-14)16-12-8-7-11-15(16)13-23-2/h4-12H,3,13H2,1-2H3,(H,20,21). The smallest absolute Gasteiger partial charge is 0.427 e. The predicted octanol–water partition coefficient (Wildman–Crippen LogP) is 4.05. The molecule has 4 nitrogen and oxygen atoms in total. The highest BCUT2D eigenvalue weighted by atomic mass is 32.2. The Labute approximate surface area is 140 Å². The Kier molecular flexibility index (Phi) is 6.69. The second-order valence-corrected chi connectivity index (χ2v) is 5.61. The number of benzene rings is 2. The topological polar surface area (TPSA) is 50.7 Å². The molecule has 0 atom stereocenters. The summed E-state index contributed by atoms with van der Waals surface area (Å²) in [4.78, 5) is 11.6. The van der Waals surface area contributed by atoms with Gasteiger partial charge in [0.15, 0.2) is 0 Å². The third-order valence-corrected chi connectivity index (χ3v) is 3.75. The number of hydrogen-bond acceptors (Lipinski definition) is 4. The molecule has 0 fully saturated rings. The molecule has 2 aromatic rings. The summed E-state index contributed by atoms with van der Waals surface area (Å²) < 4.78 is 4.88. The molecule has 0 spiro atoms. The van der Waals surface area contributed by atoms with Gasteiger partial charge < -0.3 is 4.74 Å². The lowest BCUT2D eigenvalue weighted by Crippen LogP contribution is -2.22. The summed E-state index contributed by atoms with van der Waals surface area (Å²) in [5.74, 6) is 0.876. The number of carbonyl (C=O) groups is 1. The van der Waals surface area contributed by atoms with Gasteiger partial charge in [0, 0.05) is 16.9 Å². The van der Waals surface area contributed by atoms with E-state index in [1.54, 1.807) is 18.7 Å². The highest BCUT2D eigenvalue weighted by Gasteiger charge is 2.12. The van der Waals surface area contributed by atoms with Gasteiger partial charge in [-0.3, -0.25) is 0 Å². The van der Waals surface area contributed by atoms with Crippen molar-refractivity contribution in [1.29, 1.82) is 0 Å². The van der Waals surface area contributed by atoms with Crippen LogP contribution < -0.4 is 5.43 Å². The summed E-state index contributed by atoms with van der Waals surface area (Å²) in [5, 5.41) is 4.31. The summed E-state index contributed by atoms with van der Waals surface area (Å²) in [7, 11) is 0. The van der Waals surface area contributed by atoms with Crippen LogP contribution in [0.2, 0.25) is 0 Å². The minimum absolute atomic E-state index is 0.311. The van der Waals surface area contributed by atoms with Gasteiger partial charge in [-0.05, 0) is 18.7 Å². The lowest BCUT2D eigenvalue weighted by molar-refractivity contribution is 0.152. The Morgan fingerprint density at radius 2 is 1.83 bits per heavy atom. The lowest BCUT2D eigenvalue weighted by Gasteiger charge is -2.12. The Hall–Kier alpha value is -2.27. The maximum absolute atomic E-state index is 11.6. The molecular formula is C18H20N2O2S. The van der Waals surface area contributed by atoms with Crippen LogP contribution in [0.4, 0.5) is 4.79 Å². The third-order valence-electron chi connectivity index (χ3n) is 3.15. The van der Waals surface area contributed by atoms with Crippen LogP contribution in [0.15, 0.2) is 59.7 Å². The number of ether oxygens (including phenoxy) is 1. The number of nitrogens with zero attached hydrogens (tertiary/aromatic N) is 1. The van der Waals surface area contributed by atoms with Crippen molar-refractivity contribution in [2.45, 2.75) is 12.7 Å². The normalized spacial score (nSPS) is 11.1. The van der Waals surface area contributed by atoms with Crippen LogP contribution >= 0.6 is 11.8 Å².